The first-order valence-electron chi connectivity index (χ1n) is 4.66. The van der Waals surface area contributed by atoms with Crippen LogP contribution in [0, 0.1) is 6.92 Å². The Morgan fingerprint density at radius 2 is 2.20 bits per heavy atom. The number of aliphatic hydroxyl groups excluding tert-OH is 1. The largest absolute Gasteiger partial charge is 0.508 e. The third-order valence-corrected chi connectivity index (χ3v) is 2.27. The van der Waals surface area contributed by atoms with Gasteiger partial charge >= 0.3 is 0 Å². The monoisotopic (exact) mass is 204 g/mol. The van der Waals surface area contributed by atoms with Crippen LogP contribution in [-0.4, -0.2) is 20.0 Å². The number of phenols is 1. The average molecular weight is 204 g/mol. The molecule has 0 bridgehead atoms. The number of aromatic nitrogens is 2. The van der Waals surface area contributed by atoms with Crippen molar-refractivity contribution in [2.75, 3.05) is 0 Å². The summed E-state index contributed by atoms with van der Waals surface area (Å²) in [5, 5.41) is 22.6. The van der Waals surface area contributed by atoms with Gasteiger partial charge in [-0.3, -0.25) is 0 Å². The summed E-state index contributed by atoms with van der Waals surface area (Å²) in [5.74, 6) is 0.200. The molecule has 2 rings (SSSR count). The van der Waals surface area contributed by atoms with E-state index in [0.29, 0.717) is 0 Å². The SMILES string of the molecule is Cc1nn(-c2cccc(O)c2)cc1CO. The van der Waals surface area contributed by atoms with Gasteiger partial charge in [-0.1, -0.05) is 6.07 Å². The van der Waals surface area contributed by atoms with E-state index in [9.17, 15) is 5.11 Å². The quantitative estimate of drug-likeness (QED) is 0.777. The predicted molar refractivity (Wildman–Crippen MR) is 55.9 cm³/mol. The molecule has 1 heterocycles. The molecule has 0 saturated carbocycles. The van der Waals surface area contributed by atoms with Crippen LogP contribution in [0.3, 0.4) is 0 Å². The fourth-order valence-electron chi connectivity index (χ4n) is 1.42. The van der Waals surface area contributed by atoms with Gasteiger partial charge in [0.1, 0.15) is 5.75 Å². The Hall–Kier alpha value is -1.81. The fourth-order valence-corrected chi connectivity index (χ4v) is 1.42. The zero-order valence-corrected chi connectivity index (χ0v) is 8.38. The Balaban J connectivity index is 2.45. The first-order chi connectivity index (χ1) is 7.20. The number of benzene rings is 1. The maximum Gasteiger partial charge on any atom is 0.117 e. The van der Waals surface area contributed by atoms with E-state index in [1.807, 2.05) is 13.0 Å². The van der Waals surface area contributed by atoms with Gasteiger partial charge in [0.05, 0.1) is 18.0 Å². The summed E-state index contributed by atoms with van der Waals surface area (Å²) >= 11 is 0. The molecule has 0 spiro atoms. The molecular formula is C11H12N2O2. The topological polar surface area (TPSA) is 58.3 Å². The number of hydrogen-bond donors (Lipinski definition) is 2. The number of rotatable bonds is 2. The molecule has 0 fully saturated rings. The van der Waals surface area contributed by atoms with Gasteiger partial charge in [0.15, 0.2) is 0 Å². The van der Waals surface area contributed by atoms with Crippen molar-refractivity contribution >= 4 is 0 Å². The minimum absolute atomic E-state index is 0.0232. The van der Waals surface area contributed by atoms with Crippen molar-refractivity contribution in [3.63, 3.8) is 0 Å². The molecular weight excluding hydrogens is 192 g/mol. The van der Waals surface area contributed by atoms with Crippen LogP contribution in [0.15, 0.2) is 30.5 Å². The maximum absolute atomic E-state index is 9.32. The Kier molecular flexibility index (Phi) is 2.43. The first kappa shape index (κ1) is 9.73. The summed E-state index contributed by atoms with van der Waals surface area (Å²) in [6, 6.07) is 6.81. The van der Waals surface area contributed by atoms with Crippen LogP contribution >= 0.6 is 0 Å². The molecule has 0 amide bonds. The molecule has 0 atom stereocenters. The molecule has 4 heteroatoms. The number of nitrogens with zero attached hydrogens (tertiary/aromatic N) is 2. The summed E-state index contributed by atoms with van der Waals surface area (Å²) < 4.78 is 1.64. The van der Waals surface area contributed by atoms with Gasteiger partial charge < -0.3 is 10.2 Å². The average Bonchev–Trinajstić information content (AvgIpc) is 2.60. The molecule has 78 valence electrons. The third kappa shape index (κ3) is 1.85. The highest BCUT2D eigenvalue weighted by atomic mass is 16.3. The lowest BCUT2D eigenvalue weighted by Crippen LogP contribution is -1.93. The Bertz CT molecular complexity index is 477. The molecule has 0 aliphatic carbocycles. The summed E-state index contributed by atoms with van der Waals surface area (Å²) in [6.07, 6.45) is 1.75. The second-order valence-corrected chi connectivity index (χ2v) is 3.36. The van der Waals surface area contributed by atoms with E-state index < -0.39 is 0 Å². The molecule has 0 saturated heterocycles. The van der Waals surface area contributed by atoms with Crippen LogP contribution in [0.1, 0.15) is 11.3 Å². The molecule has 4 nitrogen and oxygen atoms in total. The lowest BCUT2D eigenvalue weighted by Gasteiger charge is -2.00. The van der Waals surface area contributed by atoms with Gasteiger partial charge in [-0.15, -0.1) is 0 Å². The fraction of sp³-hybridized carbons (Fsp3) is 0.182. The maximum atomic E-state index is 9.32. The molecule has 0 aliphatic heterocycles. The van der Waals surface area contributed by atoms with Gasteiger partial charge in [-0.25, -0.2) is 4.68 Å². The van der Waals surface area contributed by atoms with Gasteiger partial charge in [0, 0.05) is 17.8 Å². The van der Waals surface area contributed by atoms with Crippen molar-refractivity contribution in [1.29, 1.82) is 0 Å². The van der Waals surface area contributed by atoms with E-state index in [2.05, 4.69) is 5.10 Å². The standard InChI is InChI=1S/C11H12N2O2/c1-8-9(7-14)6-13(12-8)10-3-2-4-11(15)5-10/h2-6,14-15H,7H2,1H3. The van der Waals surface area contributed by atoms with Gasteiger partial charge in [-0.05, 0) is 19.1 Å². The third-order valence-electron chi connectivity index (χ3n) is 2.27. The van der Waals surface area contributed by atoms with E-state index in [1.165, 1.54) is 0 Å². The van der Waals surface area contributed by atoms with Crippen LogP contribution in [-0.2, 0) is 6.61 Å². The number of aryl methyl sites for hydroxylation is 1. The molecule has 2 N–H and O–H groups in total. The summed E-state index contributed by atoms with van der Waals surface area (Å²) in [5.41, 5.74) is 2.36. The minimum atomic E-state index is -0.0232. The van der Waals surface area contributed by atoms with Crippen LogP contribution in [0.25, 0.3) is 5.69 Å². The van der Waals surface area contributed by atoms with E-state index in [1.54, 1.807) is 29.1 Å². The second kappa shape index (κ2) is 3.74. The molecule has 0 aliphatic rings. The molecule has 0 radical (unpaired) electrons. The molecule has 2 aromatic rings. The number of hydrogen-bond acceptors (Lipinski definition) is 3. The summed E-state index contributed by atoms with van der Waals surface area (Å²) in [7, 11) is 0. The van der Waals surface area contributed by atoms with Crippen molar-refractivity contribution in [1.82, 2.24) is 9.78 Å². The minimum Gasteiger partial charge on any atom is -0.508 e. The lowest BCUT2D eigenvalue weighted by molar-refractivity contribution is 0.281. The van der Waals surface area contributed by atoms with E-state index >= 15 is 0 Å². The van der Waals surface area contributed by atoms with Crippen LogP contribution in [0.4, 0.5) is 0 Å². The van der Waals surface area contributed by atoms with Crippen molar-refractivity contribution < 1.29 is 10.2 Å². The summed E-state index contributed by atoms with van der Waals surface area (Å²) in [4.78, 5) is 0. The van der Waals surface area contributed by atoms with E-state index in [-0.39, 0.29) is 12.4 Å². The van der Waals surface area contributed by atoms with Crippen molar-refractivity contribution in [3.8, 4) is 11.4 Å². The van der Waals surface area contributed by atoms with Crippen LogP contribution < -0.4 is 0 Å². The van der Waals surface area contributed by atoms with Crippen LogP contribution in [0.2, 0.25) is 0 Å². The highest BCUT2D eigenvalue weighted by Gasteiger charge is 2.05. The first-order valence-corrected chi connectivity index (χ1v) is 4.66. The summed E-state index contributed by atoms with van der Waals surface area (Å²) in [6.45, 7) is 1.81. The molecule has 1 aromatic carbocycles. The van der Waals surface area contributed by atoms with Gasteiger partial charge in [0.25, 0.3) is 0 Å². The van der Waals surface area contributed by atoms with E-state index in [0.717, 1.165) is 16.9 Å². The smallest absolute Gasteiger partial charge is 0.117 e. The highest BCUT2D eigenvalue weighted by molar-refractivity contribution is 5.38. The van der Waals surface area contributed by atoms with Crippen molar-refractivity contribution in [3.05, 3.63) is 41.7 Å². The normalized spacial score (nSPS) is 10.5. The zero-order chi connectivity index (χ0) is 10.8. The lowest BCUT2D eigenvalue weighted by atomic mass is 10.3. The molecule has 15 heavy (non-hydrogen) atoms. The number of aromatic hydroxyl groups is 1. The Morgan fingerprint density at radius 1 is 1.40 bits per heavy atom. The van der Waals surface area contributed by atoms with E-state index in [4.69, 9.17) is 5.11 Å². The van der Waals surface area contributed by atoms with Gasteiger partial charge in [0.2, 0.25) is 0 Å². The molecule has 0 unspecified atom stereocenters. The predicted octanol–water partition coefficient (Wildman–Crippen LogP) is 1.38. The van der Waals surface area contributed by atoms with Crippen molar-refractivity contribution in [2.45, 2.75) is 13.5 Å². The Morgan fingerprint density at radius 3 is 2.80 bits per heavy atom. The molecule has 1 aromatic heterocycles. The Labute approximate surface area is 87.4 Å². The number of aliphatic hydroxyl groups is 1. The van der Waals surface area contributed by atoms with Gasteiger partial charge in [-0.2, -0.15) is 5.10 Å². The van der Waals surface area contributed by atoms with Crippen molar-refractivity contribution in [2.24, 2.45) is 0 Å². The zero-order valence-electron chi connectivity index (χ0n) is 8.38. The second-order valence-electron chi connectivity index (χ2n) is 3.36. The number of phenolic OH excluding ortho intramolecular Hbond substituents is 1. The highest BCUT2D eigenvalue weighted by Crippen LogP contribution is 2.16. The van der Waals surface area contributed by atoms with Crippen LogP contribution in [0.5, 0.6) is 5.75 Å².